The lowest BCUT2D eigenvalue weighted by Crippen LogP contribution is -2.45. The Morgan fingerprint density at radius 2 is 1.12 bits per heavy atom. The van der Waals surface area contributed by atoms with E-state index in [2.05, 4.69) is 0 Å². The molecule has 2 amide bonds. The Morgan fingerprint density at radius 1 is 0.667 bits per heavy atom. The van der Waals surface area contributed by atoms with Crippen molar-refractivity contribution in [2.75, 3.05) is 11.5 Å². The summed E-state index contributed by atoms with van der Waals surface area (Å²) < 4.78 is 5.96. The number of rotatable bonds is 8. The summed E-state index contributed by atoms with van der Waals surface area (Å²) in [6, 6.07) is 37.9. The highest BCUT2D eigenvalue weighted by atomic mass is 35.5. The summed E-state index contributed by atoms with van der Waals surface area (Å²) in [7, 11) is 0. The van der Waals surface area contributed by atoms with Crippen LogP contribution in [0, 0.1) is 11.8 Å². The summed E-state index contributed by atoms with van der Waals surface area (Å²) in [5.41, 5.74) is 1.17. The van der Waals surface area contributed by atoms with Crippen molar-refractivity contribution in [3.63, 3.8) is 0 Å². The van der Waals surface area contributed by atoms with Crippen LogP contribution in [0.1, 0.15) is 46.5 Å². The molecule has 252 valence electrons. The average Bonchev–Trinajstić information content (AvgIpc) is 3.65. The largest absolute Gasteiger partial charge is 0.492 e. The van der Waals surface area contributed by atoms with Gasteiger partial charge in [0.2, 0.25) is 11.8 Å². The Bertz CT molecular complexity index is 2160. The molecular weight excluding hydrogens is 681 g/mol. The van der Waals surface area contributed by atoms with Gasteiger partial charge in [-0.1, -0.05) is 108 Å². The molecule has 5 aromatic carbocycles. The van der Waals surface area contributed by atoms with E-state index in [0.29, 0.717) is 37.9 Å². The number of nitrogens with zero attached hydrogens (tertiary/aromatic N) is 1. The zero-order valence-corrected chi connectivity index (χ0v) is 29.2. The lowest BCUT2D eigenvalue weighted by atomic mass is 9.59. The molecule has 0 radical (unpaired) electrons. The molecule has 1 saturated heterocycles. The van der Waals surface area contributed by atoms with Crippen LogP contribution in [0.15, 0.2) is 127 Å². The van der Waals surface area contributed by atoms with Gasteiger partial charge in [-0.2, -0.15) is 0 Å². The minimum atomic E-state index is -1.62. The predicted molar refractivity (Wildman–Crippen MR) is 198 cm³/mol. The normalized spacial score (nSPS) is 23.6. The van der Waals surface area contributed by atoms with E-state index in [1.807, 2.05) is 60.7 Å². The summed E-state index contributed by atoms with van der Waals surface area (Å²) >= 11 is 12.9. The minimum Gasteiger partial charge on any atom is -0.492 e. The van der Waals surface area contributed by atoms with Gasteiger partial charge in [0.05, 0.1) is 35.0 Å². The molecule has 51 heavy (non-hydrogen) atoms. The molecule has 1 heterocycles. The molecule has 1 aliphatic heterocycles. The third-order valence-corrected chi connectivity index (χ3v) is 11.1. The van der Waals surface area contributed by atoms with E-state index in [1.54, 1.807) is 67.6 Å². The Hall–Kier alpha value is -5.30. The molecule has 8 rings (SSSR count). The zero-order chi connectivity index (χ0) is 35.7. The number of carbonyl (C=O) groups excluding carboxylic acids is 4. The van der Waals surface area contributed by atoms with Gasteiger partial charge < -0.3 is 4.74 Å². The molecule has 0 unspecified atom stereocenters. The number of halogens is 2. The summed E-state index contributed by atoms with van der Waals surface area (Å²) in [5.74, 6) is -3.64. The van der Waals surface area contributed by atoms with Crippen molar-refractivity contribution in [2.45, 2.75) is 24.7 Å². The average molecular weight is 713 g/mol. The highest BCUT2D eigenvalue weighted by Gasteiger charge is 2.83. The number of anilines is 1. The van der Waals surface area contributed by atoms with Crippen LogP contribution in [-0.4, -0.2) is 30.0 Å². The number of Topliss-reactive ketones (excluding diaryl/α,β-unsaturated/α-hetero) is 2. The molecule has 6 nitrogen and oxygen atoms in total. The van der Waals surface area contributed by atoms with E-state index in [9.17, 15) is 4.79 Å². The summed E-state index contributed by atoms with van der Waals surface area (Å²) in [6.07, 6.45) is 0. The van der Waals surface area contributed by atoms with Gasteiger partial charge in [-0.15, -0.1) is 0 Å². The highest BCUT2D eigenvalue weighted by molar-refractivity contribution is 6.39. The first-order chi connectivity index (χ1) is 24.7. The first-order valence-corrected chi connectivity index (χ1v) is 17.5. The number of benzene rings is 5. The first kappa shape index (κ1) is 32.9. The van der Waals surface area contributed by atoms with Crippen LogP contribution in [0.4, 0.5) is 5.69 Å². The van der Waals surface area contributed by atoms with Crippen molar-refractivity contribution in [3.05, 3.63) is 165 Å². The third kappa shape index (κ3) is 4.49. The van der Waals surface area contributed by atoms with Crippen molar-refractivity contribution in [1.82, 2.24) is 0 Å². The van der Waals surface area contributed by atoms with Crippen molar-refractivity contribution in [3.8, 4) is 5.75 Å². The molecule has 2 fully saturated rings. The van der Waals surface area contributed by atoms with Crippen LogP contribution >= 0.6 is 23.2 Å². The standard InChI is InChI=1S/C43H31Cl2NO5/c1-3-51-34-23-14-28(25(2)47)24-33(34)46-39(48)37-38(40(46)49)43(30-17-21-32(45)22-18-30)36(27-12-8-5-9-13-27)35(26-10-6-4-7-11-26)42(37,41(43)50)29-15-19-31(44)20-16-29/h4-24,37-38H,3H2,1-2H3/t37-,38+,42-,43-/m0/s1. The number of carbonyl (C=O) groups is 4. The van der Waals surface area contributed by atoms with Crippen molar-refractivity contribution in [1.29, 1.82) is 0 Å². The van der Waals surface area contributed by atoms with E-state index in [4.69, 9.17) is 27.9 Å². The molecule has 2 aliphatic carbocycles. The van der Waals surface area contributed by atoms with Crippen LogP contribution in [0.3, 0.4) is 0 Å². The number of hydrogen-bond acceptors (Lipinski definition) is 5. The number of imide groups is 1. The van der Waals surface area contributed by atoms with Crippen LogP contribution in [0.2, 0.25) is 10.0 Å². The highest BCUT2D eigenvalue weighted by Crippen LogP contribution is 2.74. The summed E-state index contributed by atoms with van der Waals surface area (Å²) in [5, 5.41) is 0.927. The Labute approximate surface area is 305 Å². The van der Waals surface area contributed by atoms with E-state index in [0.717, 1.165) is 16.0 Å². The molecule has 3 aliphatic rings. The van der Waals surface area contributed by atoms with Crippen LogP contribution < -0.4 is 9.64 Å². The number of ketones is 2. The Morgan fingerprint density at radius 3 is 1.53 bits per heavy atom. The van der Waals surface area contributed by atoms with E-state index in [-0.39, 0.29) is 29.6 Å². The van der Waals surface area contributed by atoms with Gasteiger partial charge in [-0.25, -0.2) is 4.90 Å². The number of ether oxygens (including phenoxy) is 1. The fourth-order valence-corrected chi connectivity index (χ4v) is 9.04. The maximum absolute atomic E-state index is 16.1. The monoisotopic (exact) mass is 711 g/mol. The predicted octanol–water partition coefficient (Wildman–Crippen LogP) is 8.78. The Balaban J connectivity index is 1.53. The zero-order valence-electron chi connectivity index (χ0n) is 27.7. The number of hydrogen-bond donors (Lipinski definition) is 0. The fraction of sp³-hybridized carbons (Fsp3) is 0.163. The molecule has 0 aromatic heterocycles. The van der Waals surface area contributed by atoms with Gasteiger partial charge in [-0.05, 0) is 89.7 Å². The molecule has 8 heteroatoms. The second-order valence-electron chi connectivity index (χ2n) is 13.1. The summed E-state index contributed by atoms with van der Waals surface area (Å²) in [6.45, 7) is 3.49. The van der Waals surface area contributed by atoms with E-state index >= 15 is 14.4 Å². The van der Waals surface area contributed by atoms with Gasteiger partial charge in [0.15, 0.2) is 11.6 Å². The number of fused-ring (bicyclic) bond motifs is 5. The lowest BCUT2D eigenvalue weighted by molar-refractivity contribution is -0.130. The second-order valence-corrected chi connectivity index (χ2v) is 14.0. The Kier molecular flexibility index (Phi) is 7.86. The van der Waals surface area contributed by atoms with E-state index in [1.165, 1.54) is 13.0 Å². The molecular formula is C43H31Cl2NO5. The fourth-order valence-electron chi connectivity index (χ4n) is 8.78. The molecule has 0 spiro atoms. The summed E-state index contributed by atoms with van der Waals surface area (Å²) in [4.78, 5) is 60.7. The molecule has 0 N–H and O–H groups in total. The van der Waals surface area contributed by atoms with Crippen molar-refractivity contribution >= 4 is 63.4 Å². The van der Waals surface area contributed by atoms with Crippen LogP contribution in [0.25, 0.3) is 11.1 Å². The SMILES string of the molecule is CCOc1ccc(C(C)=O)cc1N1C(=O)[C@@H]2[C@H](C1=O)[C@@]1(c3ccc(Cl)cc3)C(=O)[C@@]2(c2ccc(Cl)cc2)C(c2ccccc2)=C1c1ccccc1. The lowest BCUT2D eigenvalue weighted by Gasteiger charge is -2.39. The number of amides is 2. The minimum absolute atomic E-state index is 0.167. The quantitative estimate of drug-likeness (QED) is 0.119. The van der Waals surface area contributed by atoms with Crippen LogP contribution in [-0.2, 0) is 25.2 Å². The molecule has 5 aromatic rings. The second kappa shape index (κ2) is 12.2. The van der Waals surface area contributed by atoms with Gasteiger partial charge in [0.25, 0.3) is 0 Å². The van der Waals surface area contributed by atoms with Crippen LogP contribution in [0.5, 0.6) is 5.75 Å². The van der Waals surface area contributed by atoms with Gasteiger partial charge in [0, 0.05) is 15.6 Å². The maximum Gasteiger partial charge on any atom is 0.239 e. The van der Waals surface area contributed by atoms with Crippen molar-refractivity contribution in [2.24, 2.45) is 11.8 Å². The molecule has 1 saturated carbocycles. The first-order valence-electron chi connectivity index (χ1n) is 16.8. The maximum atomic E-state index is 16.1. The molecule has 4 atom stereocenters. The topological polar surface area (TPSA) is 80.8 Å². The smallest absolute Gasteiger partial charge is 0.239 e. The van der Waals surface area contributed by atoms with E-state index < -0.39 is 34.5 Å². The number of allylic oxidation sites excluding steroid dienone is 2. The van der Waals surface area contributed by atoms with Crippen molar-refractivity contribution < 1.29 is 23.9 Å². The van der Waals surface area contributed by atoms with Gasteiger partial charge in [-0.3, -0.25) is 19.2 Å². The molecule has 2 bridgehead atoms. The van der Waals surface area contributed by atoms with Gasteiger partial charge in [0.1, 0.15) is 5.75 Å². The third-order valence-electron chi connectivity index (χ3n) is 10.6. The van der Waals surface area contributed by atoms with Gasteiger partial charge >= 0.3 is 0 Å².